The van der Waals surface area contributed by atoms with Crippen LogP contribution in [0.1, 0.15) is 32.6 Å². The van der Waals surface area contributed by atoms with Crippen LogP contribution in [-0.2, 0) is 33.3 Å². The fourth-order valence-corrected chi connectivity index (χ4v) is 2.60. The lowest BCUT2D eigenvalue weighted by molar-refractivity contribution is -0.155. The molecule has 0 radical (unpaired) electrons. The molecule has 1 amide bonds. The summed E-state index contributed by atoms with van der Waals surface area (Å²) in [6, 6.07) is 0. The van der Waals surface area contributed by atoms with E-state index in [1.165, 1.54) is 0 Å². The molecular formula is C14H19N3O7. The summed E-state index contributed by atoms with van der Waals surface area (Å²) >= 11 is 0. The molecule has 4 atom stereocenters. The third kappa shape index (κ3) is 4.67. The second-order valence-electron chi connectivity index (χ2n) is 5.49. The Kier molecular flexibility index (Phi) is 6.53. The molecule has 0 spiro atoms. The number of fused-ring (bicyclic) bond motifs is 1. The van der Waals surface area contributed by atoms with Crippen molar-refractivity contribution in [2.75, 3.05) is 13.2 Å². The van der Waals surface area contributed by atoms with Gasteiger partial charge >= 0.3 is 11.9 Å². The van der Waals surface area contributed by atoms with Gasteiger partial charge in [-0.15, -0.1) is 0 Å². The van der Waals surface area contributed by atoms with E-state index in [-0.39, 0.29) is 32.0 Å². The standard InChI is InChI=1S/C14H19N3O7/c1-2-3-11(19)23-8-6-21-14-9(7-22-13(8)14)24-12(20)5-4-10(18)16-17-15/h8-9,13-14H,2-7H2,1H3/t8-,9-,13-,14-/m1/s1. The molecule has 10 heteroatoms. The molecule has 132 valence electrons. The van der Waals surface area contributed by atoms with Gasteiger partial charge in [-0.2, -0.15) is 0 Å². The van der Waals surface area contributed by atoms with Crippen LogP contribution in [0.2, 0.25) is 0 Å². The van der Waals surface area contributed by atoms with Gasteiger partial charge in [-0.25, -0.2) is 0 Å². The topological polar surface area (TPSA) is 137 Å². The van der Waals surface area contributed by atoms with Crippen molar-refractivity contribution in [1.29, 1.82) is 0 Å². The van der Waals surface area contributed by atoms with Crippen molar-refractivity contribution in [3.63, 3.8) is 0 Å². The van der Waals surface area contributed by atoms with Crippen LogP contribution in [0, 0.1) is 0 Å². The normalized spacial score (nSPS) is 27.9. The molecule has 0 aromatic rings. The lowest BCUT2D eigenvalue weighted by Crippen LogP contribution is -2.36. The highest BCUT2D eigenvalue weighted by molar-refractivity contribution is 5.81. The Hall–Kier alpha value is -2.16. The number of nitrogens with zero attached hydrogens (tertiary/aromatic N) is 3. The van der Waals surface area contributed by atoms with Crippen molar-refractivity contribution < 1.29 is 33.3 Å². The smallest absolute Gasteiger partial charge is 0.306 e. The highest BCUT2D eigenvalue weighted by atomic mass is 16.7. The van der Waals surface area contributed by atoms with Crippen molar-refractivity contribution >= 4 is 17.8 Å². The first kappa shape index (κ1) is 18.2. The summed E-state index contributed by atoms with van der Waals surface area (Å²) in [5.41, 5.74) is 8.11. The zero-order valence-corrected chi connectivity index (χ0v) is 13.3. The summed E-state index contributed by atoms with van der Waals surface area (Å²) in [6.45, 7) is 2.20. The quantitative estimate of drug-likeness (QED) is 0.292. The van der Waals surface area contributed by atoms with E-state index in [9.17, 15) is 14.4 Å². The van der Waals surface area contributed by atoms with E-state index in [0.29, 0.717) is 12.8 Å². The highest BCUT2D eigenvalue weighted by Crippen LogP contribution is 2.31. The fraction of sp³-hybridized carbons (Fsp3) is 0.786. The summed E-state index contributed by atoms with van der Waals surface area (Å²) in [5, 5.41) is 2.87. The zero-order valence-electron chi connectivity index (χ0n) is 13.3. The lowest BCUT2D eigenvalue weighted by atomic mass is 10.1. The van der Waals surface area contributed by atoms with E-state index in [4.69, 9.17) is 24.5 Å². The van der Waals surface area contributed by atoms with Crippen LogP contribution >= 0.6 is 0 Å². The van der Waals surface area contributed by atoms with Crippen LogP contribution in [0.5, 0.6) is 0 Å². The number of azide groups is 1. The predicted octanol–water partition coefficient (Wildman–Crippen LogP) is 1.02. The van der Waals surface area contributed by atoms with Gasteiger partial charge in [-0.3, -0.25) is 14.4 Å². The van der Waals surface area contributed by atoms with Crippen LogP contribution < -0.4 is 0 Å². The van der Waals surface area contributed by atoms with Crippen molar-refractivity contribution in [3.05, 3.63) is 10.4 Å². The van der Waals surface area contributed by atoms with Crippen LogP contribution in [0.25, 0.3) is 10.4 Å². The van der Waals surface area contributed by atoms with Crippen molar-refractivity contribution in [2.45, 2.75) is 57.0 Å². The molecule has 0 saturated carbocycles. The van der Waals surface area contributed by atoms with Gasteiger partial charge in [0.05, 0.1) is 19.6 Å². The Balaban J connectivity index is 1.79. The largest absolute Gasteiger partial charge is 0.457 e. The lowest BCUT2D eigenvalue weighted by Gasteiger charge is -2.17. The number of ether oxygens (including phenoxy) is 4. The van der Waals surface area contributed by atoms with Gasteiger partial charge < -0.3 is 18.9 Å². The first-order chi connectivity index (χ1) is 11.5. The summed E-state index contributed by atoms with van der Waals surface area (Å²) in [4.78, 5) is 36.7. The van der Waals surface area contributed by atoms with Gasteiger partial charge in [0.1, 0.15) is 12.2 Å². The SMILES string of the molecule is CCCC(=O)O[C@@H]1CO[C@H]2[C@@H]1OC[C@H]2OC(=O)CCC(=O)N=[N+]=[N-]. The number of carbonyl (C=O) groups is 3. The van der Waals surface area contributed by atoms with Crippen molar-refractivity contribution in [1.82, 2.24) is 0 Å². The molecule has 0 bridgehead atoms. The minimum absolute atomic E-state index is 0.132. The van der Waals surface area contributed by atoms with E-state index in [1.54, 1.807) is 0 Å². The van der Waals surface area contributed by atoms with E-state index in [2.05, 4.69) is 10.0 Å². The summed E-state index contributed by atoms with van der Waals surface area (Å²) < 4.78 is 21.6. The van der Waals surface area contributed by atoms with Crippen LogP contribution in [0.4, 0.5) is 0 Å². The molecule has 2 aliphatic heterocycles. The summed E-state index contributed by atoms with van der Waals surface area (Å²) in [5.74, 6) is -1.65. The van der Waals surface area contributed by atoms with Gasteiger partial charge in [0.15, 0.2) is 12.2 Å². The maximum Gasteiger partial charge on any atom is 0.306 e. The number of hydrogen-bond acceptors (Lipinski definition) is 7. The van der Waals surface area contributed by atoms with E-state index in [1.807, 2.05) is 6.92 Å². The van der Waals surface area contributed by atoms with Gasteiger partial charge in [0.25, 0.3) is 0 Å². The summed E-state index contributed by atoms with van der Waals surface area (Å²) in [7, 11) is 0. The maximum absolute atomic E-state index is 11.7. The van der Waals surface area contributed by atoms with Crippen molar-refractivity contribution in [2.24, 2.45) is 5.11 Å². The Morgan fingerprint density at radius 2 is 1.58 bits per heavy atom. The molecule has 2 heterocycles. The van der Waals surface area contributed by atoms with E-state index >= 15 is 0 Å². The molecule has 2 rings (SSSR count). The van der Waals surface area contributed by atoms with Crippen molar-refractivity contribution in [3.8, 4) is 0 Å². The minimum Gasteiger partial charge on any atom is -0.457 e. The van der Waals surface area contributed by atoms with Crippen LogP contribution in [0.15, 0.2) is 5.11 Å². The second kappa shape index (κ2) is 8.62. The molecule has 2 aliphatic rings. The molecule has 10 nitrogen and oxygen atoms in total. The Morgan fingerprint density at radius 1 is 1.04 bits per heavy atom. The van der Waals surface area contributed by atoms with Gasteiger partial charge in [0, 0.05) is 17.8 Å². The first-order valence-corrected chi connectivity index (χ1v) is 7.75. The third-order valence-electron chi connectivity index (χ3n) is 3.68. The number of carbonyl (C=O) groups excluding carboxylic acids is 3. The Labute approximate surface area is 138 Å². The highest BCUT2D eigenvalue weighted by Gasteiger charge is 2.51. The average Bonchev–Trinajstić information content (AvgIpc) is 3.10. The number of rotatable bonds is 7. The number of amides is 1. The van der Waals surface area contributed by atoms with E-state index < -0.39 is 36.3 Å². The van der Waals surface area contributed by atoms with Gasteiger partial charge in [-0.1, -0.05) is 6.92 Å². The molecule has 2 fully saturated rings. The minimum atomic E-state index is -0.727. The summed E-state index contributed by atoms with van der Waals surface area (Å²) in [6.07, 6.45) is -1.49. The molecule has 0 aromatic heterocycles. The molecular weight excluding hydrogens is 322 g/mol. The molecule has 0 unspecified atom stereocenters. The monoisotopic (exact) mass is 341 g/mol. The van der Waals surface area contributed by atoms with Crippen LogP contribution in [-0.4, -0.2) is 55.5 Å². The molecule has 0 aromatic carbocycles. The molecule has 0 aliphatic carbocycles. The average molecular weight is 341 g/mol. The number of esters is 2. The molecule has 0 N–H and O–H groups in total. The first-order valence-electron chi connectivity index (χ1n) is 7.75. The van der Waals surface area contributed by atoms with E-state index in [0.717, 1.165) is 0 Å². The van der Waals surface area contributed by atoms with Gasteiger partial charge in [0.2, 0.25) is 5.91 Å². The fourth-order valence-electron chi connectivity index (χ4n) is 2.60. The second-order valence-corrected chi connectivity index (χ2v) is 5.49. The molecule has 2 saturated heterocycles. The predicted molar refractivity (Wildman–Crippen MR) is 77.5 cm³/mol. The van der Waals surface area contributed by atoms with Gasteiger partial charge in [-0.05, 0) is 17.1 Å². The third-order valence-corrected chi connectivity index (χ3v) is 3.68. The Morgan fingerprint density at radius 3 is 2.08 bits per heavy atom. The number of hydrogen-bond donors (Lipinski definition) is 0. The maximum atomic E-state index is 11.7. The Bertz CT molecular complexity index is 546. The molecule has 24 heavy (non-hydrogen) atoms. The van der Waals surface area contributed by atoms with Crippen LogP contribution in [0.3, 0.4) is 0 Å². The zero-order chi connectivity index (χ0) is 17.5.